The summed E-state index contributed by atoms with van der Waals surface area (Å²) >= 11 is 0. The highest BCUT2D eigenvalue weighted by Gasteiger charge is 2.15. The zero-order valence-corrected chi connectivity index (χ0v) is 11.4. The van der Waals surface area contributed by atoms with E-state index in [0.29, 0.717) is 12.1 Å². The first-order valence-corrected chi connectivity index (χ1v) is 6.64. The van der Waals surface area contributed by atoms with Gasteiger partial charge in [0.05, 0.1) is 0 Å². The maximum absolute atomic E-state index is 12.0. The Morgan fingerprint density at radius 1 is 1.40 bits per heavy atom. The van der Waals surface area contributed by atoms with Crippen LogP contribution in [0.25, 0.3) is 11.3 Å². The lowest BCUT2D eigenvalue weighted by Gasteiger charge is -2.11. The van der Waals surface area contributed by atoms with Crippen LogP contribution in [0, 0.1) is 0 Å². The van der Waals surface area contributed by atoms with Gasteiger partial charge in [0.2, 0.25) is 5.76 Å². The van der Waals surface area contributed by atoms with Gasteiger partial charge in [-0.25, -0.2) is 0 Å². The molecule has 0 saturated carbocycles. The summed E-state index contributed by atoms with van der Waals surface area (Å²) in [5.41, 5.74) is 1.54. The Morgan fingerprint density at radius 3 is 2.85 bits per heavy atom. The molecular formula is C15H18N2O3. The van der Waals surface area contributed by atoms with Gasteiger partial charge in [-0.2, -0.15) is 0 Å². The SMILES string of the molecule is CC(CCCO)NC(=O)c1cc(-c2ccccc2)no1. The average Bonchev–Trinajstić information content (AvgIpc) is 2.96. The highest BCUT2D eigenvalue weighted by Crippen LogP contribution is 2.18. The molecule has 0 radical (unpaired) electrons. The van der Waals surface area contributed by atoms with Gasteiger partial charge in [0, 0.05) is 24.3 Å². The van der Waals surface area contributed by atoms with Gasteiger partial charge in [-0.15, -0.1) is 0 Å². The smallest absolute Gasteiger partial charge is 0.290 e. The van der Waals surface area contributed by atoms with Crippen molar-refractivity contribution in [3.8, 4) is 11.3 Å². The Balaban J connectivity index is 2.00. The fourth-order valence-corrected chi connectivity index (χ4v) is 1.89. The Hall–Kier alpha value is -2.14. The van der Waals surface area contributed by atoms with E-state index in [0.717, 1.165) is 12.0 Å². The van der Waals surface area contributed by atoms with Crippen LogP contribution in [0.5, 0.6) is 0 Å². The van der Waals surface area contributed by atoms with E-state index in [-0.39, 0.29) is 24.3 Å². The molecule has 0 saturated heterocycles. The van der Waals surface area contributed by atoms with Gasteiger partial charge in [-0.05, 0) is 19.8 Å². The molecule has 20 heavy (non-hydrogen) atoms. The second-order valence-corrected chi connectivity index (χ2v) is 4.68. The minimum absolute atomic E-state index is 0.0140. The molecule has 1 heterocycles. The van der Waals surface area contributed by atoms with Gasteiger partial charge in [0.25, 0.3) is 5.91 Å². The van der Waals surface area contributed by atoms with Crippen LogP contribution in [0.3, 0.4) is 0 Å². The third kappa shape index (κ3) is 3.68. The van der Waals surface area contributed by atoms with E-state index >= 15 is 0 Å². The molecule has 0 bridgehead atoms. The molecule has 2 N–H and O–H groups in total. The summed E-state index contributed by atoms with van der Waals surface area (Å²) < 4.78 is 5.07. The zero-order valence-electron chi connectivity index (χ0n) is 11.4. The van der Waals surface area contributed by atoms with E-state index in [1.54, 1.807) is 6.07 Å². The zero-order chi connectivity index (χ0) is 14.4. The molecule has 2 rings (SSSR count). The lowest BCUT2D eigenvalue weighted by molar-refractivity contribution is 0.0899. The van der Waals surface area contributed by atoms with Crippen LogP contribution in [0.15, 0.2) is 40.9 Å². The van der Waals surface area contributed by atoms with E-state index in [9.17, 15) is 4.79 Å². The van der Waals surface area contributed by atoms with Crippen molar-refractivity contribution < 1.29 is 14.4 Å². The lowest BCUT2D eigenvalue weighted by Crippen LogP contribution is -2.32. The number of aliphatic hydroxyl groups excluding tert-OH is 1. The molecule has 0 aliphatic heterocycles. The molecule has 2 aromatic rings. The van der Waals surface area contributed by atoms with Crippen LogP contribution in [-0.4, -0.2) is 28.8 Å². The largest absolute Gasteiger partial charge is 0.396 e. The summed E-state index contributed by atoms with van der Waals surface area (Å²) in [5, 5.41) is 15.5. The molecule has 5 heteroatoms. The van der Waals surface area contributed by atoms with Crippen LogP contribution >= 0.6 is 0 Å². The fourth-order valence-electron chi connectivity index (χ4n) is 1.89. The number of aliphatic hydroxyl groups is 1. The number of carbonyl (C=O) groups is 1. The van der Waals surface area contributed by atoms with Crippen LogP contribution in [-0.2, 0) is 0 Å². The van der Waals surface area contributed by atoms with Gasteiger partial charge >= 0.3 is 0 Å². The topological polar surface area (TPSA) is 75.4 Å². The predicted molar refractivity (Wildman–Crippen MR) is 75.2 cm³/mol. The first-order chi connectivity index (χ1) is 9.70. The first kappa shape index (κ1) is 14.3. The molecular weight excluding hydrogens is 256 g/mol. The fraction of sp³-hybridized carbons (Fsp3) is 0.333. The molecule has 0 spiro atoms. The van der Waals surface area contributed by atoms with E-state index in [4.69, 9.17) is 9.63 Å². The van der Waals surface area contributed by atoms with Crippen molar-refractivity contribution in [1.82, 2.24) is 10.5 Å². The Labute approximate surface area is 117 Å². The molecule has 1 unspecified atom stereocenters. The van der Waals surface area contributed by atoms with Gasteiger partial charge in [-0.3, -0.25) is 4.79 Å². The molecule has 106 valence electrons. The van der Waals surface area contributed by atoms with Gasteiger partial charge in [0.1, 0.15) is 5.69 Å². The Morgan fingerprint density at radius 2 is 2.15 bits per heavy atom. The second-order valence-electron chi connectivity index (χ2n) is 4.68. The number of nitrogens with one attached hydrogen (secondary N) is 1. The minimum atomic E-state index is -0.287. The molecule has 0 fully saturated rings. The van der Waals surface area contributed by atoms with Crippen molar-refractivity contribution in [1.29, 1.82) is 0 Å². The molecule has 0 aliphatic rings. The quantitative estimate of drug-likeness (QED) is 0.847. The highest BCUT2D eigenvalue weighted by atomic mass is 16.5. The monoisotopic (exact) mass is 274 g/mol. The first-order valence-electron chi connectivity index (χ1n) is 6.64. The second kappa shape index (κ2) is 6.86. The van der Waals surface area contributed by atoms with Crippen molar-refractivity contribution in [3.63, 3.8) is 0 Å². The Kier molecular flexibility index (Phi) is 4.90. The summed E-state index contributed by atoms with van der Waals surface area (Å²) in [6.45, 7) is 2.02. The average molecular weight is 274 g/mol. The maximum Gasteiger partial charge on any atom is 0.290 e. The van der Waals surface area contributed by atoms with Crippen LogP contribution in [0.4, 0.5) is 0 Å². The van der Waals surface area contributed by atoms with Gasteiger partial charge in [0.15, 0.2) is 0 Å². The summed E-state index contributed by atoms with van der Waals surface area (Å²) in [7, 11) is 0. The number of aromatic nitrogens is 1. The maximum atomic E-state index is 12.0. The summed E-state index contributed by atoms with van der Waals surface area (Å²) in [4.78, 5) is 12.0. The van der Waals surface area contributed by atoms with Crippen molar-refractivity contribution in [2.24, 2.45) is 0 Å². The number of benzene rings is 1. The van der Waals surface area contributed by atoms with Crippen LogP contribution in [0.1, 0.15) is 30.3 Å². The number of rotatable bonds is 6. The van der Waals surface area contributed by atoms with Crippen LogP contribution < -0.4 is 5.32 Å². The number of nitrogens with zero attached hydrogens (tertiary/aromatic N) is 1. The molecule has 1 amide bonds. The lowest BCUT2D eigenvalue weighted by atomic mass is 10.1. The number of amides is 1. The molecule has 1 atom stereocenters. The molecule has 5 nitrogen and oxygen atoms in total. The number of carbonyl (C=O) groups excluding carboxylic acids is 1. The van der Waals surface area contributed by atoms with E-state index < -0.39 is 0 Å². The van der Waals surface area contributed by atoms with E-state index in [1.165, 1.54) is 0 Å². The minimum Gasteiger partial charge on any atom is -0.396 e. The highest BCUT2D eigenvalue weighted by molar-refractivity contribution is 5.92. The summed E-state index contributed by atoms with van der Waals surface area (Å²) in [6, 6.07) is 11.2. The van der Waals surface area contributed by atoms with Crippen molar-refractivity contribution in [2.75, 3.05) is 6.61 Å². The number of hydrogen-bond donors (Lipinski definition) is 2. The van der Waals surface area contributed by atoms with Crippen LogP contribution in [0.2, 0.25) is 0 Å². The van der Waals surface area contributed by atoms with E-state index in [1.807, 2.05) is 37.3 Å². The normalized spacial score (nSPS) is 12.1. The van der Waals surface area contributed by atoms with Gasteiger partial charge in [-0.1, -0.05) is 35.5 Å². The van der Waals surface area contributed by atoms with Gasteiger partial charge < -0.3 is 14.9 Å². The van der Waals surface area contributed by atoms with Crippen molar-refractivity contribution >= 4 is 5.91 Å². The Bertz CT molecular complexity index is 551. The standard InChI is InChI=1S/C15H18N2O3/c1-11(6-5-9-18)16-15(19)14-10-13(17-20-14)12-7-3-2-4-8-12/h2-4,7-8,10-11,18H,5-6,9H2,1H3,(H,16,19). The van der Waals surface area contributed by atoms with E-state index in [2.05, 4.69) is 10.5 Å². The number of hydrogen-bond acceptors (Lipinski definition) is 4. The van der Waals surface area contributed by atoms with Crippen molar-refractivity contribution in [2.45, 2.75) is 25.8 Å². The summed E-state index contributed by atoms with van der Waals surface area (Å²) in [6.07, 6.45) is 1.38. The molecule has 0 aliphatic carbocycles. The van der Waals surface area contributed by atoms with Crippen molar-refractivity contribution in [3.05, 3.63) is 42.2 Å². The summed E-state index contributed by atoms with van der Waals surface area (Å²) in [5.74, 6) is -0.0928. The third-order valence-corrected chi connectivity index (χ3v) is 2.98. The predicted octanol–water partition coefficient (Wildman–Crippen LogP) is 2.23. The molecule has 1 aromatic carbocycles. The third-order valence-electron chi connectivity index (χ3n) is 2.98. The molecule has 1 aromatic heterocycles.